The van der Waals surface area contributed by atoms with Crippen LogP contribution in [0.5, 0.6) is 5.75 Å². The maximum atomic E-state index is 12.7. The molecule has 1 amide bonds. The molecule has 1 heterocycles. The molecule has 5 nitrogen and oxygen atoms in total. The second kappa shape index (κ2) is 8.64. The van der Waals surface area contributed by atoms with E-state index in [0.29, 0.717) is 34.0 Å². The quantitative estimate of drug-likeness (QED) is 0.389. The number of hydrogen-bond acceptors (Lipinski definition) is 4. The summed E-state index contributed by atoms with van der Waals surface area (Å²) < 4.78 is 11.7. The first-order valence-corrected chi connectivity index (χ1v) is 10.5. The number of carbonyl (C=O) groups is 1. The van der Waals surface area contributed by atoms with Crippen LogP contribution in [0.25, 0.3) is 22.6 Å². The fourth-order valence-electron chi connectivity index (χ4n) is 3.23. The van der Waals surface area contributed by atoms with Crippen LogP contribution in [0.3, 0.4) is 0 Å². The van der Waals surface area contributed by atoms with Gasteiger partial charge in [-0.3, -0.25) is 4.79 Å². The van der Waals surface area contributed by atoms with Gasteiger partial charge in [-0.1, -0.05) is 19.1 Å². The van der Waals surface area contributed by atoms with E-state index in [-0.39, 0.29) is 12.0 Å². The minimum Gasteiger partial charge on any atom is -0.491 e. The van der Waals surface area contributed by atoms with Gasteiger partial charge in [0.2, 0.25) is 5.89 Å². The average molecular weight is 415 g/mol. The molecule has 0 fully saturated rings. The molecule has 1 unspecified atom stereocenters. The monoisotopic (exact) mass is 414 g/mol. The lowest BCUT2D eigenvalue weighted by Crippen LogP contribution is -2.13. The zero-order valence-electron chi connectivity index (χ0n) is 18.2. The molecule has 158 valence electrons. The molecule has 5 heteroatoms. The van der Waals surface area contributed by atoms with Gasteiger partial charge in [0, 0.05) is 16.8 Å². The molecular weight excluding hydrogens is 388 g/mol. The van der Waals surface area contributed by atoms with Crippen LogP contribution in [-0.2, 0) is 0 Å². The molecule has 0 radical (unpaired) electrons. The lowest BCUT2D eigenvalue weighted by Gasteiger charge is -2.13. The van der Waals surface area contributed by atoms with Crippen LogP contribution in [0, 0.1) is 13.8 Å². The highest BCUT2D eigenvalue weighted by Crippen LogP contribution is 2.28. The molecule has 0 aliphatic rings. The normalized spacial score (nSPS) is 12.0. The van der Waals surface area contributed by atoms with E-state index in [0.717, 1.165) is 12.0 Å². The number of ether oxygens (including phenoxy) is 1. The van der Waals surface area contributed by atoms with Crippen LogP contribution in [0.4, 0.5) is 5.69 Å². The third-order valence-corrected chi connectivity index (χ3v) is 5.41. The zero-order valence-corrected chi connectivity index (χ0v) is 18.2. The summed E-state index contributed by atoms with van der Waals surface area (Å²) >= 11 is 0. The summed E-state index contributed by atoms with van der Waals surface area (Å²) in [5.74, 6) is 1.05. The maximum absolute atomic E-state index is 12.7. The summed E-state index contributed by atoms with van der Waals surface area (Å²) in [5, 5.41) is 2.93. The number of aromatic nitrogens is 1. The Bertz CT molecular complexity index is 1240. The van der Waals surface area contributed by atoms with E-state index in [9.17, 15) is 4.79 Å². The summed E-state index contributed by atoms with van der Waals surface area (Å²) in [4.78, 5) is 17.4. The molecule has 31 heavy (non-hydrogen) atoms. The van der Waals surface area contributed by atoms with Crippen molar-refractivity contribution in [3.8, 4) is 17.2 Å². The highest BCUT2D eigenvalue weighted by atomic mass is 16.5. The van der Waals surface area contributed by atoms with Crippen molar-refractivity contribution in [1.82, 2.24) is 4.98 Å². The van der Waals surface area contributed by atoms with Crippen molar-refractivity contribution < 1.29 is 13.9 Å². The van der Waals surface area contributed by atoms with Gasteiger partial charge in [-0.25, -0.2) is 4.98 Å². The molecule has 0 aliphatic heterocycles. The van der Waals surface area contributed by atoms with Crippen LogP contribution in [-0.4, -0.2) is 17.0 Å². The summed E-state index contributed by atoms with van der Waals surface area (Å²) in [5.41, 5.74) is 5.91. The highest BCUT2D eigenvalue weighted by Gasteiger charge is 2.12. The number of nitrogens with zero attached hydrogens (tertiary/aromatic N) is 1. The molecule has 0 bridgehead atoms. The van der Waals surface area contributed by atoms with Crippen LogP contribution in [0.15, 0.2) is 65.1 Å². The van der Waals surface area contributed by atoms with Gasteiger partial charge in [-0.05, 0) is 86.8 Å². The van der Waals surface area contributed by atoms with Gasteiger partial charge in [0.25, 0.3) is 5.91 Å². The molecule has 3 aromatic carbocycles. The largest absolute Gasteiger partial charge is 0.491 e. The first kappa shape index (κ1) is 20.7. The lowest BCUT2D eigenvalue weighted by molar-refractivity contribution is 0.102. The van der Waals surface area contributed by atoms with Crippen molar-refractivity contribution in [3.63, 3.8) is 0 Å². The Morgan fingerprint density at radius 2 is 1.90 bits per heavy atom. The number of oxazole rings is 1. The van der Waals surface area contributed by atoms with Gasteiger partial charge >= 0.3 is 0 Å². The number of nitrogens with one attached hydrogen (secondary N) is 1. The minimum atomic E-state index is -0.202. The Morgan fingerprint density at radius 3 is 2.68 bits per heavy atom. The number of anilines is 1. The molecule has 4 aromatic rings. The number of rotatable bonds is 6. The molecular formula is C26H26N2O3. The highest BCUT2D eigenvalue weighted by molar-refractivity contribution is 6.05. The van der Waals surface area contributed by atoms with Crippen molar-refractivity contribution in [1.29, 1.82) is 0 Å². The van der Waals surface area contributed by atoms with Gasteiger partial charge in [-0.2, -0.15) is 0 Å². The average Bonchev–Trinajstić information content (AvgIpc) is 3.19. The van der Waals surface area contributed by atoms with Gasteiger partial charge in [0.1, 0.15) is 11.3 Å². The van der Waals surface area contributed by atoms with Gasteiger partial charge in [0.15, 0.2) is 5.58 Å². The number of amides is 1. The summed E-state index contributed by atoms with van der Waals surface area (Å²) in [6.45, 7) is 8.21. The Kier molecular flexibility index (Phi) is 5.76. The van der Waals surface area contributed by atoms with Crippen LogP contribution < -0.4 is 10.1 Å². The van der Waals surface area contributed by atoms with E-state index in [4.69, 9.17) is 9.15 Å². The second-order valence-corrected chi connectivity index (χ2v) is 7.82. The van der Waals surface area contributed by atoms with Crippen molar-refractivity contribution in [2.45, 2.75) is 40.2 Å². The van der Waals surface area contributed by atoms with E-state index in [1.807, 2.05) is 43.3 Å². The molecule has 0 saturated heterocycles. The third-order valence-electron chi connectivity index (χ3n) is 5.41. The van der Waals surface area contributed by atoms with E-state index >= 15 is 0 Å². The van der Waals surface area contributed by atoms with Gasteiger partial charge in [-0.15, -0.1) is 0 Å². The molecule has 0 aliphatic carbocycles. The number of carbonyl (C=O) groups excluding carboxylic acids is 1. The summed E-state index contributed by atoms with van der Waals surface area (Å²) in [6.07, 6.45) is 0.998. The number of fused-ring (bicyclic) bond motifs is 1. The fourth-order valence-corrected chi connectivity index (χ4v) is 3.23. The fraction of sp³-hybridized carbons (Fsp3) is 0.231. The maximum Gasteiger partial charge on any atom is 0.255 e. The number of hydrogen-bond donors (Lipinski definition) is 1. The molecule has 1 N–H and O–H groups in total. The predicted molar refractivity (Wildman–Crippen MR) is 124 cm³/mol. The van der Waals surface area contributed by atoms with Crippen molar-refractivity contribution >= 4 is 22.7 Å². The topological polar surface area (TPSA) is 64.4 Å². The van der Waals surface area contributed by atoms with E-state index in [1.165, 1.54) is 11.1 Å². The smallest absolute Gasteiger partial charge is 0.255 e. The van der Waals surface area contributed by atoms with E-state index < -0.39 is 0 Å². The summed E-state index contributed by atoms with van der Waals surface area (Å²) in [7, 11) is 0. The molecule has 0 saturated carbocycles. The Morgan fingerprint density at radius 1 is 1.06 bits per heavy atom. The van der Waals surface area contributed by atoms with Gasteiger partial charge < -0.3 is 14.5 Å². The number of aryl methyl sites for hydroxylation is 2. The zero-order chi connectivity index (χ0) is 22.0. The van der Waals surface area contributed by atoms with E-state index in [1.54, 1.807) is 12.1 Å². The van der Waals surface area contributed by atoms with E-state index in [2.05, 4.69) is 43.2 Å². The Hall–Kier alpha value is -3.60. The first-order valence-electron chi connectivity index (χ1n) is 10.5. The SMILES string of the molecule is CCC(C)Oc1cccc(C(=O)Nc2ccc3oc(-c4ccc(C)c(C)c4)nc3c2)c1. The third kappa shape index (κ3) is 4.61. The van der Waals surface area contributed by atoms with Gasteiger partial charge in [0.05, 0.1) is 6.10 Å². The lowest BCUT2D eigenvalue weighted by atomic mass is 10.1. The molecule has 0 spiro atoms. The predicted octanol–water partition coefficient (Wildman–Crippen LogP) is 6.54. The van der Waals surface area contributed by atoms with Crippen molar-refractivity contribution in [2.24, 2.45) is 0 Å². The number of benzene rings is 3. The van der Waals surface area contributed by atoms with Crippen LogP contribution >= 0.6 is 0 Å². The Labute approximate surface area is 182 Å². The molecule has 4 rings (SSSR count). The summed E-state index contributed by atoms with van der Waals surface area (Å²) in [6, 6.07) is 18.8. The first-order chi connectivity index (χ1) is 14.9. The van der Waals surface area contributed by atoms with Crippen LogP contribution in [0.2, 0.25) is 0 Å². The Balaban J connectivity index is 1.54. The van der Waals surface area contributed by atoms with Crippen molar-refractivity contribution in [2.75, 3.05) is 5.32 Å². The van der Waals surface area contributed by atoms with Crippen molar-refractivity contribution in [3.05, 3.63) is 77.4 Å². The standard InChI is InChI=1S/C26H26N2O3/c1-5-18(4)30-22-8-6-7-19(14-22)25(29)27-21-11-12-24-23(15-21)28-26(31-24)20-10-9-16(2)17(3)13-20/h6-15,18H,5H2,1-4H3,(H,27,29). The minimum absolute atomic E-state index is 0.0967. The van der Waals surface area contributed by atoms with Crippen LogP contribution in [0.1, 0.15) is 41.8 Å². The second-order valence-electron chi connectivity index (χ2n) is 7.82. The molecule has 1 aromatic heterocycles. The molecule has 1 atom stereocenters.